The van der Waals surface area contributed by atoms with Crippen molar-refractivity contribution in [3.63, 3.8) is 0 Å². The lowest BCUT2D eigenvalue weighted by Crippen LogP contribution is -2.00. The van der Waals surface area contributed by atoms with Crippen LogP contribution in [0.3, 0.4) is 0 Å². The van der Waals surface area contributed by atoms with Gasteiger partial charge >= 0.3 is 0 Å². The van der Waals surface area contributed by atoms with Crippen LogP contribution < -0.4 is 5.32 Å². The molecule has 2 aromatic carbocycles. The number of nitrogens with one attached hydrogen (secondary N) is 1. The Hall–Kier alpha value is -3.05. The number of rotatable bonds is 3. The number of benzene rings is 2. The topological polar surface area (TPSA) is 63.6 Å². The Morgan fingerprint density at radius 1 is 0.960 bits per heavy atom. The third kappa shape index (κ3) is 3.02. The quantitative estimate of drug-likeness (QED) is 0.593. The molecular formula is C19H14ClN5. The van der Waals surface area contributed by atoms with E-state index in [0.29, 0.717) is 16.5 Å². The molecule has 0 unspecified atom stereocenters. The summed E-state index contributed by atoms with van der Waals surface area (Å²) >= 11 is 6.12. The van der Waals surface area contributed by atoms with Gasteiger partial charge in [-0.25, -0.2) is 15.0 Å². The molecule has 25 heavy (non-hydrogen) atoms. The van der Waals surface area contributed by atoms with Crippen LogP contribution in [0.15, 0.2) is 61.1 Å². The van der Waals surface area contributed by atoms with E-state index in [1.165, 1.54) is 0 Å². The molecule has 6 heteroatoms. The summed E-state index contributed by atoms with van der Waals surface area (Å²) in [6.07, 6.45) is 4.91. The van der Waals surface area contributed by atoms with Crippen molar-refractivity contribution in [1.82, 2.24) is 19.9 Å². The van der Waals surface area contributed by atoms with Crippen molar-refractivity contribution >= 4 is 28.3 Å². The van der Waals surface area contributed by atoms with Crippen molar-refractivity contribution in [3.05, 3.63) is 66.1 Å². The van der Waals surface area contributed by atoms with Gasteiger partial charge in [-0.1, -0.05) is 29.8 Å². The van der Waals surface area contributed by atoms with Crippen molar-refractivity contribution in [2.24, 2.45) is 0 Å². The average Bonchev–Trinajstić information content (AvgIpc) is 2.67. The molecule has 0 amide bonds. The lowest BCUT2D eigenvalue weighted by molar-refractivity contribution is 1.13. The fourth-order valence-electron chi connectivity index (χ4n) is 2.70. The molecule has 0 aliphatic rings. The van der Waals surface area contributed by atoms with Gasteiger partial charge in [0.15, 0.2) is 5.82 Å². The molecule has 0 saturated carbocycles. The average molecular weight is 348 g/mol. The predicted octanol–water partition coefficient (Wildman–Crippen LogP) is 4.45. The maximum absolute atomic E-state index is 6.12. The van der Waals surface area contributed by atoms with E-state index in [1.807, 2.05) is 49.5 Å². The SMILES string of the molecule is CNc1nc(-c2cnccn2)nc2cc(-c3cccc(Cl)c3)ccc12. The monoisotopic (exact) mass is 347 g/mol. The third-order valence-corrected chi connectivity index (χ3v) is 4.12. The van der Waals surface area contributed by atoms with E-state index in [-0.39, 0.29) is 0 Å². The van der Waals surface area contributed by atoms with Crippen LogP contribution in [-0.4, -0.2) is 27.0 Å². The van der Waals surface area contributed by atoms with E-state index in [0.717, 1.165) is 27.8 Å². The van der Waals surface area contributed by atoms with Gasteiger partial charge in [0.1, 0.15) is 11.5 Å². The Balaban J connectivity index is 1.91. The number of aromatic nitrogens is 4. The smallest absolute Gasteiger partial charge is 0.182 e. The first kappa shape index (κ1) is 15.5. The van der Waals surface area contributed by atoms with E-state index in [4.69, 9.17) is 11.6 Å². The Labute approximate surface area is 149 Å². The lowest BCUT2D eigenvalue weighted by Gasteiger charge is -2.09. The molecule has 4 rings (SSSR count). The first-order valence-electron chi connectivity index (χ1n) is 7.76. The maximum Gasteiger partial charge on any atom is 0.182 e. The second-order valence-corrected chi connectivity index (χ2v) is 5.92. The van der Waals surface area contributed by atoms with Crippen molar-refractivity contribution in [1.29, 1.82) is 0 Å². The van der Waals surface area contributed by atoms with Gasteiger partial charge in [-0.05, 0) is 35.4 Å². The van der Waals surface area contributed by atoms with Crippen LogP contribution in [0.2, 0.25) is 5.02 Å². The van der Waals surface area contributed by atoms with Gasteiger partial charge in [0.25, 0.3) is 0 Å². The molecule has 2 aromatic heterocycles. The normalized spacial score (nSPS) is 10.8. The van der Waals surface area contributed by atoms with Crippen LogP contribution in [-0.2, 0) is 0 Å². The van der Waals surface area contributed by atoms with E-state index in [1.54, 1.807) is 18.6 Å². The highest BCUT2D eigenvalue weighted by Gasteiger charge is 2.11. The molecule has 1 N–H and O–H groups in total. The summed E-state index contributed by atoms with van der Waals surface area (Å²) in [7, 11) is 1.84. The Bertz CT molecular complexity index is 1050. The van der Waals surface area contributed by atoms with Gasteiger partial charge in [-0.2, -0.15) is 0 Å². The Kier molecular flexibility index (Phi) is 3.99. The molecule has 0 bridgehead atoms. The summed E-state index contributed by atoms with van der Waals surface area (Å²) in [4.78, 5) is 17.6. The minimum absolute atomic E-state index is 0.535. The Morgan fingerprint density at radius 2 is 1.84 bits per heavy atom. The molecule has 4 aromatic rings. The highest BCUT2D eigenvalue weighted by Crippen LogP contribution is 2.29. The number of anilines is 1. The maximum atomic E-state index is 6.12. The van der Waals surface area contributed by atoms with Crippen LogP contribution >= 0.6 is 11.6 Å². The summed E-state index contributed by atoms with van der Waals surface area (Å²) in [6, 6.07) is 13.8. The zero-order valence-electron chi connectivity index (χ0n) is 13.4. The van der Waals surface area contributed by atoms with Gasteiger partial charge in [0, 0.05) is 29.9 Å². The van der Waals surface area contributed by atoms with Crippen molar-refractivity contribution < 1.29 is 0 Å². The van der Waals surface area contributed by atoms with Crippen LogP contribution in [0.1, 0.15) is 0 Å². The predicted molar refractivity (Wildman–Crippen MR) is 101 cm³/mol. The van der Waals surface area contributed by atoms with Crippen LogP contribution in [0.5, 0.6) is 0 Å². The largest absolute Gasteiger partial charge is 0.373 e. The van der Waals surface area contributed by atoms with Crippen LogP contribution in [0, 0.1) is 0 Å². The van der Waals surface area contributed by atoms with Crippen LogP contribution in [0.4, 0.5) is 5.82 Å². The van der Waals surface area contributed by atoms with E-state index in [2.05, 4.69) is 25.3 Å². The second-order valence-electron chi connectivity index (χ2n) is 5.48. The molecule has 0 spiro atoms. The molecular weight excluding hydrogens is 334 g/mol. The molecule has 0 aliphatic heterocycles. The summed E-state index contributed by atoms with van der Waals surface area (Å²) in [6.45, 7) is 0. The first-order valence-corrected chi connectivity index (χ1v) is 8.14. The fraction of sp³-hybridized carbons (Fsp3) is 0.0526. The minimum atomic E-state index is 0.535. The van der Waals surface area contributed by atoms with Gasteiger partial charge < -0.3 is 5.32 Å². The zero-order valence-corrected chi connectivity index (χ0v) is 14.2. The van der Waals surface area contributed by atoms with Crippen molar-refractivity contribution in [3.8, 4) is 22.6 Å². The third-order valence-electron chi connectivity index (χ3n) is 3.88. The second kappa shape index (κ2) is 6.45. The van der Waals surface area contributed by atoms with E-state index in [9.17, 15) is 0 Å². The summed E-state index contributed by atoms with van der Waals surface area (Å²) < 4.78 is 0. The van der Waals surface area contributed by atoms with Crippen LogP contribution in [0.25, 0.3) is 33.5 Å². The minimum Gasteiger partial charge on any atom is -0.373 e. The van der Waals surface area contributed by atoms with Crippen molar-refractivity contribution in [2.45, 2.75) is 0 Å². The van der Waals surface area contributed by atoms with Gasteiger partial charge in [0.2, 0.25) is 0 Å². The number of hydrogen-bond donors (Lipinski definition) is 1. The van der Waals surface area contributed by atoms with Gasteiger partial charge in [-0.15, -0.1) is 0 Å². The summed E-state index contributed by atoms with van der Waals surface area (Å²) in [5.74, 6) is 1.29. The molecule has 0 fully saturated rings. The zero-order chi connectivity index (χ0) is 17.2. The molecule has 0 radical (unpaired) electrons. The molecule has 0 aliphatic carbocycles. The van der Waals surface area contributed by atoms with Gasteiger partial charge in [-0.3, -0.25) is 4.98 Å². The number of nitrogens with zero attached hydrogens (tertiary/aromatic N) is 4. The number of hydrogen-bond acceptors (Lipinski definition) is 5. The van der Waals surface area contributed by atoms with E-state index < -0.39 is 0 Å². The highest BCUT2D eigenvalue weighted by atomic mass is 35.5. The summed E-state index contributed by atoms with van der Waals surface area (Å²) in [5, 5.41) is 4.78. The lowest BCUT2D eigenvalue weighted by atomic mass is 10.0. The van der Waals surface area contributed by atoms with E-state index >= 15 is 0 Å². The number of fused-ring (bicyclic) bond motifs is 1. The number of halogens is 1. The molecule has 2 heterocycles. The molecule has 0 atom stereocenters. The highest BCUT2D eigenvalue weighted by molar-refractivity contribution is 6.30. The Morgan fingerprint density at radius 3 is 2.60 bits per heavy atom. The first-order chi connectivity index (χ1) is 12.2. The fourth-order valence-corrected chi connectivity index (χ4v) is 2.89. The standard InChI is InChI=1S/C19H14ClN5/c1-21-18-15-6-5-13(12-3-2-4-14(20)9-12)10-16(15)24-19(25-18)17-11-22-7-8-23-17/h2-11H,1H3,(H,21,24,25). The molecule has 0 saturated heterocycles. The summed E-state index contributed by atoms with van der Waals surface area (Å²) in [5.41, 5.74) is 3.55. The van der Waals surface area contributed by atoms with Crippen molar-refractivity contribution in [2.75, 3.05) is 12.4 Å². The molecule has 5 nitrogen and oxygen atoms in total. The van der Waals surface area contributed by atoms with Gasteiger partial charge in [0.05, 0.1) is 11.7 Å². The molecule has 122 valence electrons.